The minimum atomic E-state index is -0.488. The normalized spacial score (nSPS) is 10.8. The number of rotatable bonds is 5. The Morgan fingerprint density at radius 3 is 3.04 bits per heavy atom. The molecule has 0 aliphatic carbocycles. The Bertz CT molecular complexity index is 825. The Labute approximate surface area is 136 Å². The number of anilines is 1. The predicted molar refractivity (Wildman–Crippen MR) is 82.8 cm³/mol. The van der Waals surface area contributed by atoms with Gasteiger partial charge < -0.3 is 14.9 Å². The lowest BCUT2D eigenvalue weighted by Gasteiger charge is -2.07. The average Bonchev–Trinajstić information content (AvgIpc) is 2.87. The summed E-state index contributed by atoms with van der Waals surface area (Å²) < 4.78 is 5.89. The Morgan fingerprint density at radius 1 is 1.39 bits per heavy atom. The molecule has 0 aliphatic rings. The topological polar surface area (TPSA) is 95.0 Å². The smallest absolute Gasteiger partial charge is 0.290 e. The highest BCUT2D eigenvalue weighted by Gasteiger charge is 2.14. The SMILES string of the molecule is C[n+]1noc([O-])c1SCCC(=O)Nc1cccc2ncccc12. The van der Waals surface area contributed by atoms with Gasteiger partial charge in [0.05, 0.1) is 16.5 Å². The number of nitrogens with one attached hydrogen (secondary N) is 1. The van der Waals surface area contributed by atoms with E-state index in [4.69, 9.17) is 0 Å². The summed E-state index contributed by atoms with van der Waals surface area (Å²) in [6.07, 6.45) is 1.98. The molecule has 118 valence electrons. The Morgan fingerprint density at radius 2 is 2.26 bits per heavy atom. The maximum absolute atomic E-state index is 12.1. The highest BCUT2D eigenvalue weighted by molar-refractivity contribution is 7.99. The molecule has 8 heteroatoms. The van der Waals surface area contributed by atoms with Gasteiger partial charge in [0.25, 0.3) is 5.03 Å². The van der Waals surface area contributed by atoms with E-state index in [1.54, 1.807) is 13.2 Å². The van der Waals surface area contributed by atoms with E-state index in [-0.39, 0.29) is 12.3 Å². The van der Waals surface area contributed by atoms with Crippen LogP contribution in [-0.2, 0) is 11.8 Å². The zero-order valence-electron chi connectivity index (χ0n) is 12.4. The van der Waals surface area contributed by atoms with Crippen LogP contribution in [0, 0.1) is 0 Å². The fraction of sp³-hybridized carbons (Fsp3) is 0.200. The molecule has 23 heavy (non-hydrogen) atoms. The number of hydrogen-bond donors (Lipinski definition) is 1. The van der Waals surface area contributed by atoms with Crippen LogP contribution in [0.25, 0.3) is 10.9 Å². The second-order valence-electron chi connectivity index (χ2n) is 4.81. The number of amides is 1. The van der Waals surface area contributed by atoms with Crippen molar-refractivity contribution in [3.8, 4) is 5.95 Å². The lowest BCUT2D eigenvalue weighted by molar-refractivity contribution is -0.772. The Kier molecular flexibility index (Phi) is 4.42. The van der Waals surface area contributed by atoms with Crippen molar-refractivity contribution in [3.05, 3.63) is 36.5 Å². The zero-order valence-corrected chi connectivity index (χ0v) is 13.2. The molecule has 3 rings (SSSR count). The molecule has 2 heterocycles. The summed E-state index contributed by atoms with van der Waals surface area (Å²) in [5, 5.41) is 19.0. The number of pyridine rings is 1. The largest absolute Gasteiger partial charge is 0.538 e. The molecule has 0 saturated heterocycles. The van der Waals surface area contributed by atoms with E-state index in [1.807, 2.05) is 30.3 Å². The maximum atomic E-state index is 12.1. The molecule has 0 atom stereocenters. The van der Waals surface area contributed by atoms with Crippen LogP contribution in [0.3, 0.4) is 0 Å². The molecular formula is C15H14N4O3S. The van der Waals surface area contributed by atoms with Gasteiger partial charge in [-0.25, -0.2) is 0 Å². The zero-order chi connectivity index (χ0) is 16.2. The highest BCUT2D eigenvalue weighted by atomic mass is 32.2. The van der Waals surface area contributed by atoms with Gasteiger partial charge in [-0.05, 0) is 24.3 Å². The third-order valence-electron chi connectivity index (χ3n) is 3.20. The Balaban J connectivity index is 1.61. The van der Waals surface area contributed by atoms with Crippen LogP contribution in [-0.4, -0.2) is 21.9 Å². The third kappa shape index (κ3) is 3.42. The molecule has 3 aromatic rings. The van der Waals surface area contributed by atoms with E-state index in [1.165, 1.54) is 16.4 Å². The van der Waals surface area contributed by atoms with Crippen LogP contribution in [0.1, 0.15) is 6.42 Å². The van der Waals surface area contributed by atoms with Crippen LogP contribution in [0.2, 0.25) is 0 Å². The number of carbonyl (C=O) groups excluding carboxylic acids is 1. The third-order valence-corrected chi connectivity index (χ3v) is 4.32. The van der Waals surface area contributed by atoms with Crippen LogP contribution in [0.15, 0.2) is 46.1 Å². The quantitative estimate of drug-likeness (QED) is 0.559. The van der Waals surface area contributed by atoms with Crippen molar-refractivity contribution < 1.29 is 19.1 Å². The minimum Gasteiger partial charge on any atom is -0.538 e. The fourth-order valence-corrected chi connectivity index (χ4v) is 2.98. The summed E-state index contributed by atoms with van der Waals surface area (Å²) in [6.45, 7) is 0. The number of thioether (sulfide) groups is 1. The molecule has 7 nitrogen and oxygen atoms in total. The summed E-state index contributed by atoms with van der Waals surface area (Å²) in [4.78, 5) is 16.3. The van der Waals surface area contributed by atoms with Crippen LogP contribution < -0.4 is 15.1 Å². The first-order valence-corrected chi connectivity index (χ1v) is 7.93. The number of aromatic nitrogens is 3. The van der Waals surface area contributed by atoms with E-state index in [0.717, 1.165) is 16.6 Å². The maximum Gasteiger partial charge on any atom is 0.290 e. The molecule has 0 aliphatic heterocycles. The van der Waals surface area contributed by atoms with Crippen LogP contribution >= 0.6 is 11.8 Å². The van der Waals surface area contributed by atoms with Crippen molar-refractivity contribution in [2.24, 2.45) is 7.05 Å². The number of carbonyl (C=O) groups is 1. The number of hydrogen-bond acceptors (Lipinski definition) is 6. The number of fused-ring (bicyclic) bond motifs is 1. The van der Waals surface area contributed by atoms with Crippen molar-refractivity contribution >= 4 is 34.3 Å². The first-order valence-electron chi connectivity index (χ1n) is 6.94. The second kappa shape index (κ2) is 6.66. The average molecular weight is 330 g/mol. The highest BCUT2D eigenvalue weighted by Crippen LogP contribution is 2.23. The first-order chi connectivity index (χ1) is 11.1. The van der Waals surface area contributed by atoms with Gasteiger partial charge in [-0.3, -0.25) is 9.78 Å². The van der Waals surface area contributed by atoms with Gasteiger partial charge in [0.15, 0.2) is 13.0 Å². The predicted octanol–water partition coefficient (Wildman–Crippen LogP) is 1.24. The van der Waals surface area contributed by atoms with Gasteiger partial charge in [0.2, 0.25) is 5.91 Å². The molecule has 0 bridgehead atoms. The van der Waals surface area contributed by atoms with Crippen molar-refractivity contribution in [1.29, 1.82) is 0 Å². The van der Waals surface area contributed by atoms with Crippen LogP contribution in [0.5, 0.6) is 5.95 Å². The summed E-state index contributed by atoms with van der Waals surface area (Å²) in [6, 6.07) is 9.32. The van der Waals surface area contributed by atoms with E-state index < -0.39 is 5.95 Å². The van der Waals surface area contributed by atoms with E-state index in [9.17, 15) is 9.90 Å². The number of benzene rings is 1. The summed E-state index contributed by atoms with van der Waals surface area (Å²) in [5.41, 5.74) is 1.55. The van der Waals surface area contributed by atoms with Gasteiger partial charge in [-0.2, -0.15) is 0 Å². The van der Waals surface area contributed by atoms with Crippen molar-refractivity contribution in [2.45, 2.75) is 11.4 Å². The standard InChI is InChI=1S/C15H14N4O3S/c1-19-14(15(21)22-18-19)23-9-7-13(20)17-12-6-2-5-11-10(12)4-3-8-16-11/h2-6,8H,7,9H2,1H3,(H-,16,17,18,20,21). The lowest BCUT2D eigenvalue weighted by Crippen LogP contribution is -2.32. The minimum absolute atomic E-state index is 0.125. The lowest BCUT2D eigenvalue weighted by atomic mass is 10.2. The van der Waals surface area contributed by atoms with Gasteiger partial charge in [0, 0.05) is 23.8 Å². The Hall–Kier alpha value is -2.61. The van der Waals surface area contributed by atoms with E-state index in [2.05, 4.69) is 20.1 Å². The van der Waals surface area contributed by atoms with Crippen molar-refractivity contribution in [2.75, 3.05) is 11.1 Å². The van der Waals surface area contributed by atoms with Crippen molar-refractivity contribution in [1.82, 2.24) is 10.3 Å². The van der Waals surface area contributed by atoms with Gasteiger partial charge >= 0.3 is 0 Å². The van der Waals surface area contributed by atoms with E-state index >= 15 is 0 Å². The monoisotopic (exact) mass is 330 g/mol. The molecule has 1 aromatic carbocycles. The number of nitrogens with zero attached hydrogens (tertiary/aromatic N) is 3. The molecule has 0 spiro atoms. The molecule has 0 fully saturated rings. The van der Waals surface area contributed by atoms with Crippen LogP contribution in [0.4, 0.5) is 5.69 Å². The van der Waals surface area contributed by atoms with Gasteiger partial charge in [-0.15, -0.1) is 0 Å². The number of aryl methyl sites for hydroxylation is 1. The van der Waals surface area contributed by atoms with E-state index in [0.29, 0.717) is 10.8 Å². The summed E-state index contributed by atoms with van der Waals surface area (Å²) in [5.74, 6) is -0.155. The molecule has 0 unspecified atom stereocenters. The molecule has 2 aromatic heterocycles. The molecule has 1 N–H and O–H groups in total. The second-order valence-corrected chi connectivity index (χ2v) is 5.90. The summed E-state index contributed by atoms with van der Waals surface area (Å²) >= 11 is 1.24. The molecule has 0 saturated carbocycles. The fourth-order valence-electron chi connectivity index (χ4n) is 2.12. The molecule has 0 radical (unpaired) electrons. The molecular weight excluding hydrogens is 316 g/mol. The molecule has 1 amide bonds. The van der Waals surface area contributed by atoms with Gasteiger partial charge in [-0.1, -0.05) is 22.5 Å². The van der Waals surface area contributed by atoms with Crippen molar-refractivity contribution in [3.63, 3.8) is 0 Å². The first kappa shape index (κ1) is 15.3. The summed E-state index contributed by atoms with van der Waals surface area (Å²) in [7, 11) is 1.62. The van der Waals surface area contributed by atoms with Gasteiger partial charge in [0.1, 0.15) is 0 Å².